The second-order valence-corrected chi connectivity index (χ2v) is 3.61. The molecule has 3 N–H and O–H groups in total. The fourth-order valence-corrected chi connectivity index (χ4v) is 1.38. The Morgan fingerprint density at radius 2 is 2.17 bits per heavy atom. The maximum absolute atomic E-state index is 5.67. The molecular formula is C10H14N6O2. The molecule has 0 amide bonds. The van der Waals surface area contributed by atoms with Crippen LogP contribution in [-0.2, 0) is 17.9 Å². The monoisotopic (exact) mass is 250 g/mol. The molecule has 0 bridgehead atoms. The lowest BCUT2D eigenvalue weighted by Crippen LogP contribution is -2.08. The molecule has 0 saturated carbocycles. The number of ether oxygens (including phenoxy) is 1. The second kappa shape index (κ2) is 5.41. The minimum absolute atomic E-state index is 0.307. The van der Waals surface area contributed by atoms with Gasteiger partial charge in [0.1, 0.15) is 18.2 Å². The molecule has 0 saturated heterocycles. The molecule has 0 aliphatic rings. The van der Waals surface area contributed by atoms with E-state index in [1.54, 1.807) is 20.1 Å². The van der Waals surface area contributed by atoms with E-state index >= 15 is 0 Å². The zero-order chi connectivity index (χ0) is 13.0. The van der Waals surface area contributed by atoms with Crippen LogP contribution in [0, 0.1) is 6.92 Å². The number of nitrogens with zero attached hydrogens (tertiary/aromatic N) is 4. The third-order valence-corrected chi connectivity index (χ3v) is 2.06. The summed E-state index contributed by atoms with van der Waals surface area (Å²) >= 11 is 0. The van der Waals surface area contributed by atoms with Gasteiger partial charge in [-0.1, -0.05) is 5.16 Å². The second-order valence-electron chi connectivity index (χ2n) is 3.61. The Hall–Kier alpha value is -2.22. The number of methoxy groups -OCH3 is 1. The van der Waals surface area contributed by atoms with Crippen molar-refractivity contribution in [2.75, 3.05) is 18.2 Å². The molecule has 2 rings (SSSR count). The van der Waals surface area contributed by atoms with Gasteiger partial charge in [0, 0.05) is 20.1 Å². The smallest absolute Gasteiger partial charge is 0.223 e. The van der Waals surface area contributed by atoms with Crippen molar-refractivity contribution in [3.05, 3.63) is 23.6 Å². The Morgan fingerprint density at radius 3 is 2.83 bits per heavy atom. The number of nitrogens with two attached hydrogens (primary N) is 1. The van der Waals surface area contributed by atoms with Gasteiger partial charge in [-0.05, 0) is 0 Å². The fraction of sp³-hybridized carbons (Fsp3) is 0.400. The van der Waals surface area contributed by atoms with E-state index in [4.69, 9.17) is 15.0 Å². The number of anilines is 2. The summed E-state index contributed by atoms with van der Waals surface area (Å²) < 4.78 is 9.82. The van der Waals surface area contributed by atoms with Crippen LogP contribution < -0.4 is 11.1 Å². The average Bonchev–Trinajstić information content (AvgIpc) is 2.72. The first kappa shape index (κ1) is 12.2. The van der Waals surface area contributed by atoms with Crippen LogP contribution >= 0.6 is 0 Å². The van der Waals surface area contributed by atoms with Crippen molar-refractivity contribution < 1.29 is 9.26 Å². The summed E-state index contributed by atoms with van der Waals surface area (Å²) in [5.74, 6) is 2.57. The van der Waals surface area contributed by atoms with Gasteiger partial charge in [-0.3, -0.25) is 0 Å². The predicted octanol–water partition coefficient (Wildman–Crippen LogP) is 0.509. The zero-order valence-corrected chi connectivity index (χ0v) is 10.2. The number of nitrogen functional groups attached to an aromatic ring is 1. The molecule has 0 fully saturated rings. The Labute approximate surface area is 104 Å². The molecule has 8 heteroatoms. The summed E-state index contributed by atoms with van der Waals surface area (Å²) in [7, 11) is 1.57. The molecule has 2 aromatic rings. The first-order valence-corrected chi connectivity index (χ1v) is 5.33. The van der Waals surface area contributed by atoms with Crippen LogP contribution in [0.3, 0.4) is 0 Å². The molecule has 8 nitrogen and oxygen atoms in total. The molecule has 0 unspecified atom stereocenters. The number of nitrogens with one attached hydrogen (secondary N) is 1. The molecule has 0 aliphatic carbocycles. The fourth-order valence-electron chi connectivity index (χ4n) is 1.38. The third-order valence-electron chi connectivity index (χ3n) is 2.06. The van der Waals surface area contributed by atoms with Crippen molar-refractivity contribution in [1.29, 1.82) is 0 Å². The van der Waals surface area contributed by atoms with E-state index in [1.807, 2.05) is 0 Å². The van der Waals surface area contributed by atoms with Crippen LogP contribution in [0.2, 0.25) is 0 Å². The van der Waals surface area contributed by atoms with Crippen LogP contribution in [0.5, 0.6) is 0 Å². The molecule has 0 atom stereocenters. The SMILES string of the molecule is COCc1nc(N)cc(NCc2noc(C)n2)n1. The summed E-state index contributed by atoms with van der Waals surface area (Å²) in [5.41, 5.74) is 5.67. The quantitative estimate of drug-likeness (QED) is 0.789. The van der Waals surface area contributed by atoms with Crippen LogP contribution in [0.4, 0.5) is 11.6 Å². The van der Waals surface area contributed by atoms with Crippen LogP contribution in [-0.4, -0.2) is 27.2 Å². The Kier molecular flexibility index (Phi) is 3.68. The number of aromatic nitrogens is 4. The first-order chi connectivity index (χ1) is 8.67. The van der Waals surface area contributed by atoms with E-state index in [-0.39, 0.29) is 0 Å². The minimum atomic E-state index is 0.307. The number of hydrogen-bond donors (Lipinski definition) is 2. The maximum atomic E-state index is 5.67. The van der Waals surface area contributed by atoms with E-state index in [0.717, 1.165) is 0 Å². The Balaban J connectivity index is 2.04. The van der Waals surface area contributed by atoms with E-state index in [1.165, 1.54) is 0 Å². The van der Waals surface area contributed by atoms with Crippen molar-refractivity contribution in [1.82, 2.24) is 20.1 Å². The summed E-state index contributed by atoms with van der Waals surface area (Å²) in [6, 6.07) is 1.63. The van der Waals surface area contributed by atoms with Gasteiger partial charge in [-0.2, -0.15) is 4.98 Å². The van der Waals surface area contributed by atoms with Crippen LogP contribution in [0.1, 0.15) is 17.5 Å². The summed E-state index contributed by atoms with van der Waals surface area (Å²) in [6.07, 6.45) is 0. The summed E-state index contributed by atoms with van der Waals surface area (Å²) in [5, 5.41) is 6.81. The highest BCUT2D eigenvalue weighted by Gasteiger charge is 2.05. The number of rotatable bonds is 5. The summed E-state index contributed by atoms with van der Waals surface area (Å²) in [4.78, 5) is 12.3. The van der Waals surface area contributed by atoms with Gasteiger partial charge in [-0.25, -0.2) is 9.97 Å². The number of hydrogen-bond acceptors (Lipinski definition) is 8. The third kappa shape index (κ3) is 3.14. The van der Waals surface area contributed by atoms with Gasteiger partial charge < -0.3 is 20.3 Å². The highest BCUT2D eigenvalue weighted by molar-refractivity contribution is 5.44. The predicted molar refractivity (Wildman–Crippen MR) is 63.5 cm³/mol. The van der Waals surface area contributed by atoms with E-state index in [2.05, 4.69) is 25.4 Å². The minimum Gasteiger partial charge on any atom is -0.384 e. The zero-order valence-electron chi connectivity index (χ0n) is 10.2. The van der Waals surface area contributed by atoms with Gasteiger partial charge in [0.05, 0.1) is 6.54 Å². The van der Waals surface area contributed by atoms with Crippen LogP contribution in [0.25, 0.3) is 0 Å². The van der Waals surface area contributed by atoms with Gasteiger partial charge in [-0.15, -0.1) is 0 Å². The van der Waals surface area contributed by atoms with Crippen molar-refractivity contribution in [2.24, 2.45) is 0 Å². The highest BCUT2D eigenvalue weighted by Crippen LogP contribution is 2.10. The van der Waals surface area contributed by atoms with E-state index in [9.17, 15) is 0 Å². The van der Waals surface area contributed by atoms with Gasteiger partial charge in [0.2, 0.25) is 5.89 Å². The van der Waals surface area contributed by atoms with Crippen LogP contribution in [0.15, 0.2) is 10.6 Å². The molecule has 2 heterocycles. The standard InChI is InChI=1S/C10H14N6O2/c1-6-13-9(16-18-6)4-12-8-3-7(11)14-10(15-8)5-17-2/h3H,4-5H2,1-2H3,(H3,11,12,14,15). The topological polar surface area (TPSA) is 112 Å². The molecule has 2 aromatic heterocycles. The van der Waals surface area contributed by atoms with E-state index in [0.29, 0.717) is 42.3 Å². The normalized spacial score (nSPS) is 10.6. The summed E-state index contributed by atoms with van der Waals surface area (Å²) in [6.45, 7) is 2.44. The molecule has 0 aliphatic heterocycles. The average molecular weight is 250 g/mol. The van der Waals surface area contributed by atoms with Crippen molar-refractivity contribution in [2.45, 2.75) is 20.1 Å². The molecule has 96 valence electrons. The lowest BCUT2D eigenvalue weighted by molar-refractivity contribution is 0.178. The highest BCUT2D eigenvalue weighted by atomic mass is 16.5. The molecule has 0 aromatic carbocycles. The Bertz CT molecular complexity index is 527. The molecule has 18 heavy (non-hydrogen) atoms. The lowest BCUT2D eigenvalue weighted by atomic mass is 10.4. The molecule has 0 spiro atoms. The Morgan fingerprint density at radius 1 is 1.33 bits per heavy atom. The van der Waals surface area contributed by atoms with Crippen molar-refractivity contribution in [3.8, 4) is 0 Å². The van der Waals surface area contributed by atoms with E-state index < -0.39 is 0 Å². The largest absolute Gasteiger partial charge is 0.384 e. The lowest BCUT2D eigenvalue weighted by Gasteiger charge is -2.06. The number of aryl methyl sites for hydroxylation is 1. The first-order valence-electron chi connectivity index (χ1n) is 5.33. The molecule has 0 radical (unpaired) electrons. The van der Waals surface area contributed by atoms with Crippen molar-refractivity contribution in [3.63, 3.8) is 0 Å². The molecular weight excluding hydrogens is 236 g/mol. The van der Waals surface area contributed by atoms with Gasteiger partial charge in [0.25, 0.3) is 0 Å². The van der Waals surface area contributed by atoms with Crippen molar-refractivity contribution >= 4 is 11.6 Å². The van der Waals surface area contributed by atoms with Gasteiger partial charge in [0.15, 0.2) is 11.6 Å². The van der Waals surface area contributed by atoms with Gasteiger partial charge >= 0.3 is 0 Å². The maximum Gasteiger partial charge on any atom is 0.223 e.